The van der Waals surface area contributed by atoms with Crippen LogP contribution in [0.25, 0.3) is 0 Å². The standard InChI is InChI=1S/C15H13ClO3/c16-13-6-7-15(12(8-13)9-17)19-10-14(18)11-4-2-1-3-5-11/h1-8,17H,9-10H2. The van der Waals surface area contributed by atoms with Crippen LogP contribution in [0, 0.1) is 0 Å². The summed E-state index contributed by atoms with van der Waals surface area (Å²) in [4.78, 5) is 11.9. The fourth-order valence-electron chi connectivity index (χ4n) is 1.66. The molecule has 0 heterocycles. The number of benzene rings is 2. The highest BCUT2D eigenvalue weighted by Crippen LogP contribution is 2.23. The van der Waals surface area contributed by atoms with Crippen molar-refractivity contribution in [3.63, 3.8) is 0 Å². The zero-order valence-corrected chi connectivity index (χ0v) is 10.9. The van der Waals surface area contributed by atoms with Gasteiger partial charge in [0.05, 0.1) is 6.61 Å². The summed E-state index contributed by atoms with van der Waals surface area (Å²) >= 11 is 5.82. The van der Waals surface area contributed by atoms with Gasteiger partial charge in [-0.05, 0) is 18.2 Å². The quantitative estimate of drug-likeness (QED) is 0.854. The molecule has 0 saturated heterocycles. The van der Waals surface area contributed by atoms with E-state index in [0.29, 0.717) is 21.9 Å². The highest BCUT2D eigenvalue weighted by molar-refractivity contribution is 6.30. The highest BCUT2D eigenvalue weighted by atomic mass is 35.5. The number of ether oxygens (including phenoxy) is 1. The largest absolute Gasteiger partial charge is 0.485 e. The molecule has 2 aromatic carbocycles. The number of hydrogen-bond donors (Lipinski definition) is 1. The maximum absolute atomic E-state index is 11.9. The number of carbonyl (C=O) groups excluding carboxylic acids is 1. The molecular weight excluding hydrogens is 264 g/mol. The first-order valence-corrected chi connectivity index (χ1v) is 6.19. The summed E-state index contributed by atoms with van der Waals surface area (Å²) in [5.74, 6) is 0.357. The van der Waals surface area contributed by atoms with Gasteiger partial charge in [0, 0.05) is 16.1 Å². The Balaban J connectivity index is 2.05. The van der Waals surface area contributed by atoms with E-state index < -0.39 is 0 Å². The van der Waals surface area contributed by atoms with Crippen molar-refractivity contribution in [1.82, 2.24) is 0 Å². The molecule has 0 amide bonds. The number of halogens is 1. The summed E-state index contributed by atoms with van der Waals surface area (Å²) in [6.45, 7) is -0.256. The monoisotopic (exact) mass is 276 g/mol. The molecule has 0 atom stereocenters. The van der Waals surface area contributed by atoms with Gasteiger partial charge >= 0.3 is 0 Å². The van der Waals surface area contributed by atoms with Gasteiger partial charge in [-0.1, -0.05) is 41.9 Å². The molecule has 0 saturated carbocycles. The van der Waals surface area contributed by atoms with Crippen LogP contribution in [-0.4, -0.2) is 17.5 Å². The first kappa shape index (κ1) is 13.6. The molecule has 4 heteroatoms. The van der Waals surface area contributed by atoms with Crippen molar-refractivity contribution in [1.29, 1.82) is 0 Å². The van der Waals surface area contributed by atoms with Gasteiger partial charge in [0.25, 0.3) is 0 Å². The van der Waals surface area contributed by atoms with E-state index >= 15 is 0 Å². The second-order valence-electron chi connectivity index (χ2n) is 3.99. The molecular formula is C15H13ClO3. The van der Waals surface area contributed by atoms with Crippen LogP contribution < -0.4 is 4.74 Å². The molecule has 0 radical (unpaired) electrons. The van der Waals surface area contributed by atoms with E-state index in [2.05, 4.69) is 0 Å². The van der Waals surface area contributed by atoms with E-state index in [9.17, 15) is 9.90 Å². The van der Waals surface area contributed by atoms with Gasteiger partial charge in [-0.25, -0.2) is 0 Å². The number of rotatable bonds is 5. The Kier molecular flexibility index (Phi) is 4.55. The molecule has 0 aliphatic carbocycles. The van der Waals surface area contributed by atoms with E-state index in [4.69, 9.17) is 16.3 Å². The predicted molar refractivity (Wildman–Crippen MR) is 73.6 cm³/mol. The van der Waals surface area contributed by atoms with Crippen LogP contribution in [0.1, 0.15) is 15.9 Å². The van der Waals surface area contributed by atoms with Gasteiger partial charge in [-0.2, -0.15) is 0 Å². The molecule has 98 valence electrons. The molecule has 0 unspecified atom stereocenters. The maximum atomic E-state index is 11.9. The smallest absolute Gasteiger partial charge is 0.200 e. The zero-order chi connectivity index (χ0) is 13.7. The topological polar surface area (TPSA) is 46.5 Å². The fourth-order valence-corrected chi connectivity index (χ4v) is 1.86. The molecule has 2 rings (SSSR count). The predicted octanol–water partition coefficient (Wildman–Crippen LogP) is 3.09. The van der Waals surface area contributed by atoms with Gasteiger partial charge < -0.3 is 9.84 Å². The van der Waals surface area contributed by atoms with Crippen LogP contribution in [0.15, 0.2) is 48.5 Å². The normalized spacial score (nSPS) is 10.2. The molecule has 0 spiro atoms. The van der Waals surface area contributed by atoms with Crippen molar-refractivity contribution in [2.45, 2.75) is 6.61 Å². The zero-order valence-electron chi connectivity index (χ0n) is 10.2. The van der Waals surface area contributed by atoms with Crippen LogP contribution in [0.5, 0.6) is 5.75 Å². The summed E-state index contributed by atoms with van der Waals surface area (Å²) in [5.41, 5.74) is 1.16. The lowest BCUT2D eigenvalue weighted by Gasteiger charge is -2.09. The minimum absolute atomic E-state index is 0.0708. The Labute approximate surface area is 116 Å². The molecule has 2 aromatic rings. The van der Waals surface area contributed by atoms with Crippen molar-refractivity contribution >= 4 is 17.4 Å². The summed E-state index contributed by atoms with van der Waals surface area (Å²) in [7, 11) is 0. The molecule has 19 heavy (non-hydrogen) atoms. The van der Waals surface area contributed by atoms with Crippen LogP contribution in [0.2, 0.25) is 5.02 Å². The first-order chi connectivity index (χ1) is 9.20. The SMILES string of the molecule is O=C(COc1ccc(Cl)cc1CO)c1ccccc1. The van der Waals surface area contributed by atoms with Gasteiger partial charge in [-0.3, -0.25) is 4.79 Å². The van der Waals surface area contributed by atoms with Gasteiger partial charge in [0.15, 0.2) is 12.4 Å². The lowest BCUT2D eigenvalue weighted by molar-refractivity contribution is 0.0919. The molecule has 0 bridgehead atoms. The summed E-state index contributed by atoms with van der Waals surface area (Å²) in [6, 6.07) is 13.8. The lowest BCUT2D eigenvalue weighted by Crippen LogP contribution is -2.12. The second kappa shape index (κ2) is 6.36. The third kappa shape index (κ3) is 3.56. The average Bonchev–Trinajstić information content (AvgIpc) is 2.46. The van der Waals surface area contributed by atoms with Crippen molar-refractivity contribution in [2.24, 2.45) is 0 Å². The Morgan fingerprint density at radius 1 is 1.16 bits per heavy atom. The van der Waals surface area contributed by atoms with E-state index in [0.717, 1.165) is 0 Å². The Hall–Kier alpha value is -1.84. The molecule has 0 aliphatic rings. The molecule has 0 aliphatic heterocycles. The average molecular weight is 277 g/mol. The number of ketones is 1. The Morgan fingerprint density at radius 3 is 2.58 bits per heavy atom. The number of Topliss-reactive ketones (excluding diaryl/α,β-unsaturated/α-hetero) is 1. The van der Waals surface area contributed by atoms with Crippen LogP contribution in [0.3, 0.4) is 0 Å². The first-order valence-electron chi connectivity index (χ1n) is 5.81. The summed E-state index contributed by atoms with van der Waals surface area (Å²) in [5, 5.41) is 9.72. The van der Waals surface area contributed by atoms with E-state index in [-0.39, 0.29) is 19.0 Å². The molecule has 0 aromatic heterocycles. The van der Waals surface area contributed by atoms with Gasteiger partial charge in [0.1, 0.15) is 5.75 Å². The van der Waals surface area contributed by atoms with Crippen LogP contribution in [0.4, 0.5) is 0 Å². The maximum Gasteiger partial charge on any atom is 0.200 e. The Bertz CT molecular complexity index is 567. The second-order valence-corrected chi connectivity index (χ2v) is 4.42. The number of aliphatic hydroxyl groups excluding tert-OH is 1. The summed E-state index contributed by atoms with van der Waals surface area (Å²) < 4.78 is 5.43. The third-order valence-electron chi connectivity index (χ3n) is 2.65. The lowest BCUT2D eigenvalue weighted by atomic mass is 10.1. The van der Waals surface area contributed by atoms with Crippen LogP contribution in [-0.2, 0) is 6.61 Å². The van der Waals surface area contributed by atoms with Crippen molar-refractivity contribution in [2.75, 3.05) is 6.61 Å². The van der Waals surface area contributed by atoms with E-state index in [1.807, 2.05) is 6.07 Å². The van der Waals surface area contributed by atoms with Gasteiger partial charge in [0.2, 0.25) is 0 Å². The third-order valence-corrected chi connectivity index (χ3v) is 2.88. The summed E-state index contributed by atoms with van der Waals surface area (Å²) in [6.07, 6.45) is 0. The van der Waals surface area contributed by atoms with Gasteiger partial charge in [-0.15, -0.1) is 0 Å². The minimum atomic E-state index is -0.185. The number of aliphatic hydroxyl groups is 1. The number of carbonyl (C=O) groups is 1. The highest BCUT2D eigenvalue weighted by Gasteiger charge is 2.09. The van der Waals surface area contributed by atoms with Crippen molar-refractivity contribution < 1.29 is 14.6 Å². The molecule has 0 fully saturated rings. The fraction of sp³-hybridized carbons (Fsp3) is 0.133. The molecule has 3 nitrogen and oxygen atoms in total. The van der Waals surface area contributed by atoms with Crippen molar-refractivity contribution in [3.05, 3.63) is 64.7 Å². The van der Waals surface area contributed by atoms with E-state index in [1.54, 1.807) is 42.5 Å². The number of hydrogen-bond acceptors (Lipinski definition) is 3. The molecule has 1 N–H and O–H groups in total. The Morgan fingerprint density at radius 2 is 1.89 bits per heavy atom. The minimum Gasteiger partial charge on any atom is -0.485 e. The van der Waals surface area contributed by atoms with Crippen molar-refractivity contribution in [3.8, 4) is 5.75 Å². The van der Waals surface area contributed by atoms with Crippen LogP contribution >= 0.6 is 11.6 Å². The van der Waals surface area contributed by atoms with E-state index in [1.165, 1.54) is 0 Å².